The van der Waals surface area contributed by atoms with Crippen LogP contribution in [0.4, 0.5) is 33.2 Å². The number of rotatable bonds is 6. The van der Waals surface area contributed by atoms with E-state index in [0.29, 0.717) is 58.2 Å². The topological polar surface area (TPSA) is 85.9 Å². The van der Waals surface area contributed by atoms with Crippen molar-refractivity contribution in [3.05, 3.63) is 65.3 Å². The van der Waals surface area contributed by atoms with E-state index in [0.717, 1.165) is 38.2 Å². The number of hydrogen-bond donors (Lipinski definition) is 2. The van der Waals surface area contributed by atoms with Crippen molar-refractivity contribution in [1.82, 2.24) is 19.8 Å². The number of nitrogens with zero attached hydrogens (tertiary/aromatic N) is 5. The molecule has 6 rings (SSSR count). The van der Waals surface area contributed by atoms with E-state index in [-0.39, 0.29) is 11.8 Å². The van der Waals surface area contributed by atoms with Gasteiger partial charge >= 0.3 is 0 Å². The first-order valence-corrected chi connectivity index (χ1v) is 16.7. The van der Waals surface area contributed by atoms with Crippen molar-refractivity contribution >= 4 is 52.9 Å². The molecular weight excluding hydrogens is 564 g/mol. The maximum absolute atomic E-state index is 15.6. The number of benzene rings is 2. The summed E-state index contributed by atoms with van der Waals surface area (Å²) in [6.07, 6.45) is 5.88. The zero-order valence-electron chi connectivity index (χ0n) is 23.4. The van der Waals surface area contributed by atoms with Gasteiger partial charge in [0.15, 0.2) is 11.6 Å². The van der Waals surface area contributed by atoms with Gasteiger partial charge in [-0.05, 0) is 64.5 Å². The summed E-state index contributed by atoms with van der Waals surface area (Å²) in [7, 11) is -0.384. The third-order valence-electron chi connectivity index (χ3n) is 7.81. The van der Waals surface area contributed by atoms with E-state index >= 15 is 4.39 Å². The molecule has 41 heavy (non-hydrogen) atoms. The Bertz CT molecular complexity index is 1540. The normalized spacial score (nSPS) is 17.8. The van der Waals surface area contributed by atoms with Gasteiger partial charge in [0.2, 0.25) is 5.95 Å². The molecule has 2 aromatic carbocycles. The third kappa shape index (κ3) is 5.87. The minimum Gasteiger partial charge on any atom is -0.485 e. The largest absolute Gasteiger partial charge is 0.485 e. The summed E-state index contributed by atoms with van der Waals surface area (Å²) in [6, 6.07) is 11.0. The first kappa shape index (κ1) is 27.8. The van der Waals surface area contributed by atoms with Crippen molar-refractivity contribution in [3.8, 4) is 5.75 Å². The lowest BCUT2D eigenvalue weighted by Crippen LogP contribution is -2.48. The van der Waals surface area contributed by atoms with E-state index in [9.17, 15) is 4.57 Å². The molecule has 0 unspecified atom stereocenters. The Morgan fingerprint density at radius 3 is 2.66 bits per heavy atom. The summed E-state index contributed by atoms with van der Waals surface area (Å²) in [6.45, 7) is 7.55. The van der Waals surface area contributed by atoms with Gasteiger partial charge < -0.3 is 34.6 Å². The van der Waals surface area contributed by atoms with E-state index in [4.69, 9.17) is 16.3 Å². The molecule has 9 nitrogen and oxygen atoms in total. The molecule has 3 aliphatic rings. The Hall–Kier alpha value is -3.33. The van der Waals surface area contributed by atoms with Crippen LogP contribution < -0.4 is 25.6 Å². The van der Waals surface area contributed by atoms with Crippen LogP contribution in [0, 0.1) is 5.82 Å². The van der Waals surface area contributed by atoms with Gasteiger partial charge in [-0.25, -0.2) is 9.37 Å². The second-order valence-corrected chi connectivity index (χ2v) is 14.7. The van der Waals surface area contributed by atoms with Gasteiger partial charge in [-0.15, -0.1) is 0 Å². The molecule has 0 atom stereocenters. The molecule has 0 saturated carbocycles. The van der Waals surface area contributed by atoms with Crippen molar-refractivity contribution in [2.45, 2.75) is 18.9 Å². The predicted octanol–water partition coefficient (Wildman–Crippen LogP) is 5.45. The standard InChI is InChI=1S/C29H34ClFN7O2P/c1-36-10-8-20(9-11-36)37-12-13-38-21(17-37)18-40-25-15-19(14-23(31)27(25)38)33-29-32-16-22(30)28(35-29)34-24-6-4-5-7-26(24)41(2,3)39/h4-7,14-17,20H,8-13,18H2,1-3H3,(H2,32,33,34,35). The second-order valence-electron chi connectivity index (χ2n) is 11.1. The molecule has 0 spiro atoms. The fraction of sp³-hybridized carbons (Fsp3) is 0.379. The van der Waals surface area contributed by atoms with Crippen molar-refractivity contribution in [1.29, 1.82) is 0 Å². The summed E-state index contributed by atoms with van der Waals surface area (Å²) in [5.74, 6) is 0.663. The number of piperidine rings is 1. The first-order valence-electron chi connectivity index (χ1n) is 13.8. The van der Waals surface area contributed by atoms with E-state index in [2.05, 4.69) is 43.6 Å². The molecule has 1 fully saturated rings. The molecule has 3 aliphatic heterocycles. The Morgan fingerprint density at radius 1 is 1.10 bits per heavy atom. The lowest BCUT2D eigenvalue weighted by Gasteiger charge is -2.44. The number of anilines is 5. The predicted molar refractivity (Wildman–Crippen MR) is 164 cm³/mol. The van der Waals surface area contributed by atoms with Crippen molar-refractivity contribution in [2.75, 3.05) is 68.7 Å². The maximum Gasteiger partial charge on any atom is 0.229 e. The van der Waals surface area contributed by atoms with Crippen LogP contribution in [0.25, 0.3) is 0 Å². The van der Waals surface area contributed by atoms with Crippen LogP contribution in [0.3, 0.4) is 0 Å². The number of aromatic nitrogens is 2. The van der Waals surface area contributed by atoms with Gasteiger partial charge in [0.25, 0.3) is 0 Å². The van der Waals surface area contributed by atoms with Gasteiger partial charge in [-0.1, -0.05) is 23.7 Å². The van der Waals surface area contributed by atoms with Gasteiger partial charge in [0.1, 0.15) is 30.2 Å². The Labute approximate surface area is 244 Å². The van der Waals surface area contributed by atoms with E-state index in [1.54, 1.807) is 19.4 Å². The number of ether oxygens (including phenoxy) is 1. The maximum atomic E-state index is 15.6. The quantitative estimate of drug-likeness (QED) is 0.360. The highest BCUT2D eigenvalue weighted by molar-refractivity contribution is 7.70. The van der Waals surface area contributed by atoms with Gasteiger partial charge in [0.05, 0.1) is 17.6 Å². The minimum absolute atomic E-state index is 0.230. The highest BCUT2D eigenvalue weighted by Gasteiger charge is 2.32. The fourth-order valence-electron chi connectivity index (χ4n) is 5.66. The minimum atomic E-state index is -2.55. The molecule has 12 heteroatoms. The fourth-order valence-corrected chi connectivity index (χ4v) is 6.95. The molecule has 3 aromatic rings. The number of halogens is 2. The molecule has 0 amide bonds. The number of para-hydroxylation sites is 1. The second kappa shape index (κ2) is 11.2. The molecule has 0 radical (unpaired) electrons. The van der Waals surface area contributed by atoms with Crippen LogP contribution in [0.1, 0.15) is 12.8 Å². The summed E-state index contributed by atoms with van der Waals surface area (Å²) < 4.78 is 34.4. The van der Waals surface area contributed by atoms with Crippen molar-refractivity contribution in [3.63, 3.8) is 0 Å². The lowest BCUT2D eigenvalue weighted by molar-refractivity contribution is 0.155. The Balaban J connectivity index is 1.21. The van der Waals surface area contributed by atoms with Crippen molar-refractivity contribution < 1.29 is 13.7 Å². The summed E-state index contributed by atoms with van der Waals surface area (Å²) in [5, 5.41) is 7.25. The molecule has 2 N–H and O–H groups in total. The zero-order valence-corrected chi connectivity index (χ0v) is 25.1. The monoisotopic (exact) mass is 597 g/mol. The average molecular weight is 598 g/mol. The highest BCUT2D eigenvalue weighted by Crippen LogP contribution is 2.42. The van der Waals surface area contributed by atoms with Crippen LogP contribution in [0.5, 0.6) is 5.75 Å². The van der Waals surface area contributed by atoms with Crippen LogP contribution in [-0.4, -0.2) is 79.0 Å². The molecule has 216 valence electrons. The number of nitrogens with one attached hydrogen (secondary N) is 2. The zero-order chi connectivity index (χ0) is 28.7. The molecule has 0 aliphatic carbocycles. The molecule has 0 bridgehead atoms. The van der Waals surface area contributed by atoms with E-state index in [1.807, 2.05) is 29.2 Å². The molecule has 1 saturated heterocycles. The van der Waals surface area contributed by atoms with Crippen LogP contribution in [0.15, 0.2) is 54.5 Å². The number of likely N-dealkylation sites (tertiary alicyclic amines) is 1. The van der Waals surface area contributed by atoms with E-state index < -0.39 is 7.14 Å². The summed E-state index contributed by atoms with van der Waals surface area (Å²) >= 11 is 6.39. The summed E-state index contributed by atoms with van der Waals surface area (Å²) in [4.78, 5) is 15.6. The smallest absolute Gasteiger partial charge is 0.229 e. The van der Waals surface area contributed by atoms with Crippen LogP contribution in [-0.2, 0) is 4.57 Å². The number of hydrogen-bond acceptors (Lipinski definition) is 9. The highest BCUT2D eigenvalue weighted by atomic mass is 35.5. The van der Waals surface area contributed by atoms with Gasteiger partial charge in [-0.2, -0.15) is 4.98 Å². The Morgan fingerprint density at radius 2 is 1.88 bits per heavy atom. The first-order chi connectivity index (χ1) is 19.7. The van der Waals surface area contributed by atoms with E-state index in [1.165, 1.54) is 12.3 Å². The van der Waals surface area contributed by atoms with Crippen LogP contribution >= 0.6 is 18.7 Å². The van der Waals surface area contributed by atoms with Gasteiger partial charge in [0, 0.05) is 42.4 Å². The third-order valence-corrected chi connectivity index (χ3v) is 9.64. The lowest BCUT2D eigenvalue weighted by atomic mass is 10.0. The Kier molecular flexibility index (Phi) is 7.57. The molecule has 1 aromatic heterocycles. The van der Waals surface area contributed by atoms with Gasteiger partial charge in [-0.3, -0.25) is 0 Å². The van der Waals surface area contributed by atoms with Crippen molar-refractivity contribution in [2.24, 2.45) is 0 Å². The van der Waals surface area contributed by atoms with Crippen LogP contribution in [0.2, 0.25) is 5.02 Å². The average Bonchev–Trinajstić information content (AvgIpc) is 2.94. The molecular formula is C29H34ClFN7O2P. The molecule has 4 heterocycles. The SMILES string of the molecule is CN1CCC(N2C=C3COc4cc(Nc5ncc(Cl)c(Nc6ccccc6P(C)(C)=O)n5)cc(F)c4N3CC2)CC1. The number of fused-ring (bicyclic) bond motifs is 3. The summed E-state index contributed by atoms with van der Waals surface area (Å²) in [5.41, 5.74) is 2.54.